The topological polar surface area (TPSA) is 0 Å². The number of allylic oxidation sites excluding steroid dienone is 2. The first-order valence-corrected chi connectivity index (χ1v) is 5.98. The third-order valence-electron chi connectivity index (χ3n) is 2.18. The van der Waals surface area contributed by atoms with Crippen LogP contribution in [0.2, 0.25) is 0 Å². The predicted octanol–water partition coefficient (Wildman–Crippen LogP) is 5.33. The number of alkyl halides is 3. The predicted molar refractivity (Wildman–Crippen MR) is 62.2 cm³/mol. The molecule has 3 heteroatoms. The summed E-state index contributed by atoms with van der Waals surface area (Å²) in [6.45, 7) is 3.77. The Hall–Kier alpha value is -0.110. The molecule has 0 bridgehead atoms. The second kappa shape index (κ2) is 9.14. The van der Waals surface area contributed by atoms with Crippen molar-refractivity contribution in [2.24, 2.45) is 0 Å². The van der Waals surface area contributed by atoms with Crippen LogP contribution < -0.4 is 0 Å². The van der Waals surface area contributed by atoms with Gasteiger partial charge in [0.05, 0.1) is 0 Å². The molecule has 0 aromatic heterocycles. The Morgan fingerprint density at radius 1 is 1.00 bits per heavy atom. The van der Waals surface area contributed by atoms with E-state index < -0.39 is 5.38 Å². The van der Waals surface area contributed by atoms with Crippen LogP contribution in [0.5, 0.6) is 0 Å². The SMILES string of the molecule is [CH2]CCCCCCCC/C=C/C(F)(F)Cl. The first-order chi connectivity index (χ1) is 7.06. The van der Waals surface area contributed by atoms with Crippen LogP contribution in [0.15, 0.2) is 12.2 Å². The molecule has 0 aliphatic heterocycles. The molecule has 1 radical (unpaired) electrons. The maximum atomic E-state index is 12.1. The van der Waals surface area contributed by atoms with Gasteiger partial charge in [0.25, 0.3) is 0 Å². The lowest BCUT2D eigenvalue weighted by Crippen LogP contribution is -1.98. The summed E-state index contributed by atoms with van der Waals surface area (Å²) in [5.41, 5.74) is 0. The van der Waals surface area contributed by atoms with Gasteiger partial charge in [-0.25, -0.2) is 0 Å². The minimum absolute atomic E-state index is 0.692. The summed E-state index contributed by atoms with van der Waals surface area (Å²) in [6, 6.07) is 0. The van der Waals surface area contributed by atoms with Crippen LogP contribution in [0.1, 0.15) is 51.4 Å². The van der Waals surface area contributed by atoms with Gasteiger partial charge in [-0.2, -0.15) is 8.78 Å². The van der Waals surface area contributed by atoms with Crippen molar-refractivity contribution in [1.82, 2.24) is 0 Å². The molecule has 0 N–H and O–H groups in total. The number of hydrogen-bond acceptors (Lipinski definition) is 0. The zero-order valence-corrected chi connectivity index (χ0v) is 9.91. The van der Waals surface area contributed by atoms with E-state index in [1.165, 1.54) is 31.8 Å². The summed E-state index contributed by atoms with van der Waals surface area (Å²) in [7, 11) is 0. The standard InChI is InChI=1S/C12H20ClF2/c1-2-3-4-5-6-7-8-9-10-11-12(13,14)15/h10-11H,1-9H2/b11-10+. The van der Waals surface area contributed by atoms with Gasteiger partial charge in [-0.1, -0.05) is 51.5 Å². The van der Waals surface area contributed by atoms with Gasteiger partial charge in [-0.3, -0.25) is 0 Å². The van der Waals surface area contributed by atoms with Crippen molar-refractivity contribution in [3.63, 3.8) is 0 Å². The van der Waals surface area contributed by atoms with Crippen molar-refractivity contribution in [1.29, 1.82) is 0 Å². The fraction of sp³-hybridized carbons (Fsp3) is 0.750. The van der Waals surface area contributed by atoms with E-state index in [0.29, 0.717) is 6.42 Å². The molecule has 0 unspecified atom stereocenters. The van der Waals surface area contributed by atoms with E-state index in [2.05, 4.69) is 6.92 Å². The number of rotatable bonds is 9. The maximum Gasteiger partial charge on any atom is 0.341 e. The van der Waals surface area contributed by atoms with Gasteiger partial charge >= 0.3 is 5.38 Å². The summed E-state index contributed by atoms with van der Waals surface area (Å²) in [5, 5.41) is -3.17. The molecule has 0 spiro atoms. The lowest BCUT2D eigenvalue weighted by Gasteiger charge is -2.00. The van der Waals surface area contributed by atoms with Gasteiger partial charge < -0.3 is 0 Å². The second-order valence-corrected chi connectivity index (χ2v) is 4.21. The molecule has 0 atom stereocenters. The van der Waals surface area contributed by atoms with Gasteiger partial charge in [0, 0.05) is 0 Å². The second-order valence-electron chi connectivity index (χ2n) is 3.71. The van der Waals surface area contributed by atoms with Gasteiger partial charge in [-0.15, -0.1) is 0 Å². The zero-order chi connectivity index (χ0) is 11.6. The fourth-order valence-corrected chi connectivity index (χ4v) is 1.45. The van der Waals surface area contributed by atoms with Crippen LogP contribution in [-0.4, -0.2) is 5.38 Å². The minimum Gasteiger partial charge on any atom is -0.184 e. The average molecular weight is 238 g/mol. The number of hydrogen-bond donors (Lipinski definition) is 0. The minimum atomic E-state index is -3.17. The van der Waals surface area contributed by atoms with E-state index in [1.54, 1.807) is 0 Å². The normalized spacial score (nSPS) is 12.5. The van der Waals surface area contributed by atoms with E-state index >= 15 is 0 Å². The molecule has 0 saturated carbocycles. The Morgan fingerprint density at radius 3 is 2.07 bits per heavy atom. The molecule has 15 heavy (non-hydrogen) atoms. The van der Waals surface area contributed by atoms with Crippen LogP contribution in [0.25, 0.3) is 0 Å². The molecule has 0 amide bonds. The highest BCUT2D eigenvalue weighted by molar-refractivity contribution is 6.22. The molecule has 0 nitrogen and oxygen atoms in total. The molecule has 0 aliphatic carbocycles. The fourth-order valence-electron chi connectivity index (χ4n) is 1.36. The lowest BCUT2D eigenvalue weighted by molar-refractivity contribution is 0.152. The van der Waals surface area contributed by atoms with Crippen molar-refractivity contribution >= 4 is 11.6 Å². The average Bonchev–Trinajstić information content (AvgIpc) is 2.14. The Morgan fingerprint density at radius 2 is 1.53 bits per heavy atom. The van der Waals surface area contributed by atoms with Crippen LogP contribution in [0.4, 0.5) is 8.78 Å². The first kappa shape index (κ1) is 14.9. The third kappa shape index (κ3) is 13.9. The molecule has 0 aromatic rings. The number of halogens is 3. The summed E-state index contributed by atoms with van der Waals surface area (Å²) in [6.07, 6.45) is 10.8. The first-order valence-electron chi connectivity index (χ1n) is 5.60. The molecule has 89 valence electrons. The molecule has 0 saturated heterocycles. The Balaban J connectivity index is 3.15. The van der Waals surface area contributed by atoms with E-state index in [1.807, 2.05) is 0 Å². The van der Waals surface area contributed by atoms with Gasteiger partial charge in [-0.05, 0) is 30.5 Å². The summed E-state index contributed by atoms with van der Waals surface area (Å²) in [5.74, 6) is 0. The molecule has 0 aliphatic rings. The monoisotopic (exact) mass is 237 g/mol. The molecule has 0 rings (SSSR count). The highest BCUT2D eigenvalue weighted by Crippen LogP contribution is 2.20. The van der Waals surface area contributed by atoms with E-state index in [9.17, 15) is 8.78 Å². The largest absolute Gasteiger partial charge is 0.341 e. The van der Waals surface area contributed by atoms with Crippen molar-refractivity contribution in [3.05, 3.63) is 19.1 Å². The molecule has 0 fully saturated rings. The van der Waals surface area contributed by atoms with E-state index in [4.69, 9.17) is 11.6 Å². The summed E-state index contributed by atoms with van der Waals surface area (Å²) < 4.78 is 24.2. The zero-order valence-electron chi connectivity index (χ0n) is 9.15. The Kier molecular flexibility index (Phi) is 9.07. The summed E-state index contributed by atoms with van der Waals surface area (Å²) >= 11 is 4.70. The highest BCUT2D eigenvalue weighted by Gasteiger charge is 2.18. The Bertz CT molecular complexity index is 161. The molecular formula is C12H20ClF2. The van der Waals surface area contributed by atoms with Gasteiger partial charge in [0.15, 0.2) is 0 Å². The lowest BCUT2D eigenvalue weighted by atomic mass is 10.1. The van der Waals surface area contributed by atoms with Crippen molar-refractivity contribution < 1.29 is 8.78 Å². The van der Waals surface area contributed by atoms with Crippen LogP contribution >= 0.6 is 11.6 Å². The van der Waals surface area contributed by atoms with E-state index in [-0.39, 0.29) is 0 Å². The van der Waals surface area contributed by atoms with Gasteiger partial charge in [0.1, 0.15) is 0 Å². The quantitative estimate of drug-likeness (QED) is 0.289. The van der Waals surface area contributed by atoms with Crippen molar-refractivity contribution in [2.75, 3.05) is 0 Å². The highest BCUT2D eigenvalue weighted by atomic mass is 35.5. The van der Waals surface area contributed by atoms with Crippen molar-refractivity contribution in [3.8, 4) is 0 Å². The van der Waals surface area contributed by atoms with Crippen LogP contribution in [0.3, 0.4) is 0 Å². The molecular weight excluding hydrogens is 218 g/mol. The summed E-state index contributed by atoms with van der Waals surface area (Å²) in [4.78, 5) is 0. The van der Waals surface area contributed by atoms with E-state index in [0.717, 1.165) is 25.3 Å². The van der Waals surface area contributed by atoms with Crippen LogP contribution in [0, 0.1) is 6.92 Å². The van der Waals surface area contributed by atoms with Crippen molar-refractivity contribution in [2.45, 2.75) is 56.7 Å². The molecule has 0 heterocycles. The smallest absolute Gasteiger partial charge is 0.184 e. The van der Waals surface area contributed by atoms with Crippen LogP contribution in [-0.2, 0) is 0 Å². The molecule has 0 aromatic carbocycles. The van der Waals surface area contributed by atoms with Gasteiger partial charge in [0.2, 0.25) is 0 Å². The third-order valence-corrected chi connectivity index (χ3v) is 2.30. The maximum absolute atomic E-state index is 12.1. The Labute approximate surface area is 96.7 Å². The number of unbranched alkanes of at least 4 members (excludes halogenated alkanes) is 7.